The molecule has 2 aromatic carbocycles. The number of aryl methyl sites for hydroxylation is 1. The first-order chi connectivity index (χ1) is 9.72. The van der Waals surface area contributed by atoms with E-state index < -0.39 is 0 Å². The molecular weight excluding hydrogens is 246 g/mol. The van der Waals surface area contributed by atoms with Crippen molar-refractivity contribution in [2.75, 3.05) is 0 Å². The predicted octanol–water partition coefficient (Wildman–Crippen LogP) is 4.35. The number of furan rings is 1. The monoisotopic (exact) mass is 263 g/mol. The van der Waals surface area contributed by atoms with Crippen LogP contribution in [0.5, 0.6) is 0 Å². The van der Waals surface area contributed by atoms with E-state index in [1.165, 1.54) is 27.6 Å². The molecule has 2 heteroatoms. The Morgan fingerprint density at radius 2 is 2.05 bits per heavy atom. The standard InChI is InChI=1S/C18H17NO/c1-11-5-8-17-12(9-11)10-18(20-17)15-4-2-3-14-13(15)6-7-16(14)19/h2-5,8-10,16H,6-7,19H2,1H3. The van der Waals surface area contributed by atoms with E-state index in [1.54, 1.807) is 0 Å². The third-order valence-corrected chi connectivity index (χ3v) is 4.25. The second kappa shape index (κ2) is 4.22. The van der Waals surface area contributed by atoms with Gasteiger partial charge in [0.15, 0.2) is 0 Å². The molecule has 0 amide bonds. The summed E-state index contributed by atoms with van der Waals surface area (Å²) in [7, 11) is 0. The molecule has 3 aromatic rings. The molecular formula is C18H17NO. The van der Waals surface area contributed by atoms with Crippen LogP contribution in [-0.2, 0) is 6.42 Å². The topological polar surface area (TPSA) is 39.2 Å². The number of fused-ring (bicyclic) bond motifs is 2. The van der Waals surface area contributed by atoms with Crippen LogP contribution in [0.4, 0.5) is 0 Å². The van der Waals surface area contributed by atoms with Crippen molar-refractivity contribution >= 4 is 11.0 Å². The molecule has 2 nitrogen and oxygen atoms in total. The van der Waals surface area contributed by atoms with Crippen LogP contribution in [0, 0.1) is 6.92 Å². The Labute approximate surface area is 118 Å². The van der Waals surface area contributed by atoms with E-state index in [0.29, 0.717) is 0 Å². The van der Waals surface area contributed by atoms with Gasteiger partial charge in [0.25, 0.3) is 0 Å². The van der Waals surface area contributed by atoms with Crippen LogP contribution >= 0.6 is 0 Å². The van der Waals surface area contributed by atoms with Gasteiger partial charge in [0.05, 0.1) is 0 Å². The van der Waals surface area contributed by atoms with Crippen LogP contribution in [-0.4, -0.2) is 0 Å². The van der Waals surface area contributed by atoms with Crippen molar-refractivity contribution in [3.8, 4) is 11.3 Å². The molecule has 0 saturated carbocycles. The molecule has 0 radical (unpaired) electrons. The molecule has 0 spiro atoms. The molecule has 1 heterocycles. The second-order valence-corrected chi connectivity index (χ2v) is 5.67. The number of nitrogens with two attached hydrogens (primary N) is 1. The van der Waals surface area contributed by atoms with Gasteiger partial charge in [-0.15, -0.1) is 0 Å². The zero-order valence-electron chi connectivity index (χ0n) is 11.5. The van der Waals surface area contributed by atoms with E-state index in [1.807, 2.05) is 6.07 Å². The molecule has 0 fully saturated rings. The summed E-state index contributed by atoms with van der Waals surface area (Å²) in [4.78, 5) is 0. The summed E-state index contributed by atoms with van der Waals surface area (Å²) in [5.74, 6) is 0.955. The molecule has 1 unspecified atom stereocenters. The minimum Gasteiger partial charge on any atom is -0.456 e. The zero-order chi connectivity index (χ0) is 13.7. The lowest BCUT2D eigenvalue weighted by Gasteiger charge is -2.07. The average Bonchev–Trinajstić information content (AvgIpc) is 3.02. The summed E-state index contributed by atoms with van der Waals surface area (Å²) >= 11 is 0. The molecule has 1 aliphatic rings. The third-order valence-electron chi connectivity index (χ3n) is 4.25. The molecule has 1 atom stereocenters. The molecule has 20 heavy (non-hydrogen) atoms. The van der Waals surface area contributed by atoms with Gasteiger partial charge in [-0.3, -0.25) is 0 Å². The Morgan fingerprint density at radius 1 is 1.15 bits per heavy atom. The van der Waals surface area contributed by atoms with Crippen molar-refractivity contribution in [2.24, 2.45) is 5.73 Å². The Bertz CT molecular complexity index is 800. The molecule has 100 valence electrons. The summed E-state index contributed by atoms with van der Waals surface area (Å²) in [6.45, 7) is 2.10. The van der Waals surface area contributed by atoms with Gasteiger partial charge >= 0.3 is 0 Å². The number of benzene rings is 2. The van der Waals surface area contributed by atoms with Gasteiger partial charge < -0.3 is 10.2 Å². The summed E-state index contributed by atoms with van der Waals surface area (Å²) in [6, 6.07) is 15.0. The normalized spacial score (nSPS) is 17.6. The fourth-order valence-corrected chi connectivity index (χ4v) is 3.21. The molecule has 0 aliphatic heterocycles. The highest BCUT2D eigenvalue weighted by molar-refractivity contribution is 5.84. The maximum Gasteiger partial charge on any atom is 0.135 e. The summed E-state index contributed by atoms with van der Waals surface area (Å²) in [6.07, 6.45) is 2.08. The number of hydrogen-bond acceptors (Lipinski definition) is 2. The molecule has 4 rings (SSSR count). The quantitative estimate of drug-likeness (QED) is 0.708. The third kappa shape index (κ3) is 1.69. The number of hydrogen-bond donors (Lipinski definition) is 1. The zero-order valence-corrected chi connectivity index (χ0v) is 11.5. The predicted molar refractivity (Wildman–Crippen MR) is 81.6 cm³/mol. The molecule has 0 bridgehead atoms. The van der Waals surface area contributed by atoms with Crippen molar-refractivity contribution in [1.29, 1.82) is 0 Å². The van der Waals surface area contributed by atoms with E-state index in [4.69, 9.17) is 10.2 Å². The first kappa shape index (κ1) is 11.7. The lowest BCUT2D eigenvalue weighted by Crippen LogP contribution is -2.04. The van der Waals surface area contributed by atoms with E-state index in [9.17, 15) is 0 Å². The fraction of sp³-hybridized carbons (Fsp3) is 0.222. The van der Waals surface area contributed by atoms with Crippen LogP contribution in [0.3, 0.4) is 0 Å². The van der Waals surface area contributed by atoms with E-state index in [-0.39, 0.29) is 6.04 Å². The highest BCUT2D eigenvalue weighted by Crippen LogP contribution is 2.38. The SMILES string of the molecule is Cc1ccc2oc(-c3cccc4c3CCC4N)cc2c1. The molecule has 2 N–H and O–H groups in total. The van der Waals surface area contributed by atoms with Gasteiger partial charge in [-0.05, 0) is 49.1 Å². The summed E-state index contributed by atoms with van der Waals surface area (Å²) in [5.41, 5.74) is 12.2. The largest absolute Gasteiger partial charge is 0.456 e. The van der Waals surface area contributed by atoms with Crippen molar-refractivity contribution < 1.29 is 4.42 Å². The Kier molecular flexibility index (Phi) is 2.48. The van der Waals surface area contributed by atoms with Crippen LogP contribution < -0.4 is 5.73 Å². The van der Waals surface area contributed by atoms with Crippen LogP contribution in [0.25, 0.3) is 22.3 Å². The Morgan fingerprint density at radius 3 is 2.95 bits per heavy atom. The van der Waals surface area contributed by atoms with Gasteiger partial charge in [-0.2, -0.15) is 0 Å². The lowest BCUT2D eigenvalue weighted by molar-refractivity contribution is 0.630. The van der Waals surface area contributed by atoms with E-state index >= 15 is 0 Å². The van der Waals surface area contributed by atoms with Crippen molar-refractivity contribution in [1.82, 2.24) is 0 Å². The van der Waals surface area contributed by atoms with Crippen LogP contribution in [0.1, 0.15) is 29.2 Å². The molecule has 0 saturated heterocycles. The smallest absolute Gasteiger partial charge is 0.135 e. The summed E-state index contributed by atoms with van der Waals surface area (Å²) in [5, 5.41) is 1.17. The van der Waals surface area contributed by atoms with Crippen LogP contribution in [0.15, 0.2) is 46.9 Å². The first-order valence-corrected chi connectivity index (χ1v) is 7.10. The highest BCUT2D eigenvalue weighted by Gasteiger charge is 2.23. The van der Waals surface area contributed by atoms with Crippen molar-refractivity contribution in [3.05, 3.63) is 59.2 Å². The molecule has 1 aromatic heterocycles. The average molecular weight is 263 g/mol. The number of rotatable bonds is 1. The molecule has 1 aliphatic carbocycles. The lowest BCUT2D eigenvalue weighted by atomic mass is 10.0. The van der Waals surface area contributed by atoms with Gasteiger partial charge in [0, 0.05) is 17.0 Å². The maximum atomic E-state index is 6.16. The van der Waals surface area contributed by atoms with Crippen molar-refractivity contribution in [2.45, 2.75) is 25.8 Å². The minimum absolute atomic E-state index is 0.177. The van der Waals surface area contributed by atoms with E-state index in [2.05, 4.69) is 43.3 Å². The summed E-state index contributed by atoms with van der Waals surface area (Å²) < 4.78 is 6.03. The Balaban J connectivity index is 1.92. The first-order valence-electron chi connectivity index (χ1n) is 7.10. The highest BCUT2D eigenvalue weighted by atomic mass is 16.3. The van der Waals surface area contributed by atoms with Gasteiger partial charge in [-0.25, -0.2) is 0 Å². The maximum absolute atomic E-state index is 6.16. The van der Waals surface area contributed by atoms with E-state index in [0.717, 1.165) is 24.2 Å². The minimum atomic E-state index is 0.177. The second-order valence-electron chi connectivity index (χ2n) is 5.67. The Hall–Kier alpha value is -2.06. The fourth-order valence-electron chi connectivity index (χ4n) is 3.21. The van der Waals surface area contributed by atoms with Gasteiger partial charge in [-0.1, -0.05) is 29.8 Å². The van der Waals surface area contributed by atoms with Crippen molar-refractivity contribution in [3.63, 3.8) is 0 Å². The van der Waals surface area contributed by atoms with Crippen LogP contribution in [0.2, 0.25) is 0 Å². The van der Waals surface area contributed by atoms with Gasteiger partial charge in [0.2, 0.25) is 0 Å². The van der Waals surface area contributed by atoms with Gasteiger partial charge in [0.1, 0.15) is 11.3 Å².